The van der Waals surface area contributed by atoms with Crippen molar-refractivity contribution in [1.29, 1.82) is 0 Å². The smallest absolute Gasteiger partial charge is 0.270 e. The number of hydrogen-bond donors (Lipinski definition) is 0. The second-order valence-corrected chi connectivity index (χ2v) is 7.56. The molecule has 1 amide bonds. The molecule has 2 aromatic carbocycles. The number of carbonyl (C=O) groups excluding carboxylic acids is 1. The first-order chi connectivity index (χ1) is 13.9. The molecule has 8 heteroatoms. The molecule has 3 rings (SSSR count). The first-order valence-electron chi connectivity index (χ1n) is 9.52. The minimum atomic E-state index is -0.475. The zero-order valence-electron chi connectivity index (χ0n) is 16.6. The largest absolute Gasteiger partial charge is 0.496 e. The lowest BCUT2D eigenvalue weighted by atomic mass is 10.0. The molecule has 0 aromatic heterocycles. The van der Waals surface area contributed by atoms with Gasteiger partial charge in [-0.05, 0) is 43.5 Å². The fourth-order valence-corrected chi connectivity index (χ4v) is 3.82. The van der Waals surface area contributed by atoms with Crippen LogP contribution >= 0.6 is 11.6 Å². The maximum absolute atomic E-state index is 13.3. The van der Waals surface area contributed by atoms with Crippen LogP contribution in [0.1, 0.15) is 35.2 Å². The van der Waals surface area contributed by atoms with E-state index < -0.39 is 4.92 Å². The van der Waals surface area contributed by atoms with Gasteiger partial charge in [0, 0.05) is 49.4 Å². The summed E-state index contributed by atoms with van der Waals surface area (Å²) in [7, 11) is 3.23. The van der Waals surface area contributed by atoms with Crippen LogP contribution in [0.15, 0.2) is 36.4 Å². The number of anilines is 1. The zero-order chi connectivity index (χ0) is 21.0. The van der Waals surface area contributed by atoms with E-state index in [9.17, 15) is 14.9 Å². The number of benzene rings is 2. The predicted octanol–water partition coefficient (Wildman–Crippen LogP) is 4.52. The SMILES string of the molecule is COc1ccc(Cl)cc1CN(C)C(=O)c1cc([N+](=O)[O-])ccc1N1CCCCC1. The fourth-order valence-electron chi connectivity index (χ4n) is 3.62. The molecular weight excluding hydrogens is 394 g/mol. The number of carbonyl (C=O) groups is 1. The van der Waals surface area contributed by atoms with Crippen LogP contribution in [0.3, 0.4) is 0 Å². The summed E-state index contributed by atoms with van der Waals surface area (Å²) >= 11 is 6.10. The first kappa shape index (κ1) is 20.9. The highest BCUT2D eigenvalue weighted by molar-refractivity contribution is 6.30. The van der Waals surface area contributed by atoms with Gasteiger partial charge in [0.25, 0.3) is 11.6 Å². The summed E-state index contributed by atoms with van der Waals surface area (Å²) in [5.41, 5.74) is 1.75. The maximum Gasteiger partial charge on any atom is 0.270 e. The predicted molar refractivity (Wildman–Crippen MR) is 113 cm³/mol. The van der Waals surface area contributed by atoms with Crippen molar-refractivity contribution in [3.63, 3.8) is 0 Å². The summed E-state index contributed by atoms with van der Waals surface area (Å²) in [4.78, 5) is 27.7. The maximum atomic E-state index is 13.3. The molecule has 1 saturated heterocycles. The summed E-state index contributed by atoms with van der Waals surface area (Å²) in [6.07, 6.45) is 3.24. The van der Waals surface area contributed by atoms with E-state index in [1.54, 1.807) is 38.4 Å². The third-order valence-electron chi connectivity index (χ3n) is 5.11. The monoisotopic (exact) mass is 417 g/mol. The van der Waals surface area contributed by atoms with Crippen molar-refractivity contribution in [3.8, 4) is 5.75 Å². The Morgan fingerprint density at radius 2 is 1.93 bits per heavy atom. The number of nitrogens with zero attached hydrogens (tertiary/aromatic N) is 3. The van der Waals surface area contributed by atoms with E-state index in [2.05, 4.69) is 4.90 Å². The van der Waals surface area contributed by atoms with Crippen LogP contribution in [-0.4, -0.2) is 43.0 Å². The van der Waals surface area contributed by atoms with Crippen LogP contribution < -0.4 is 9.64 Å². The molecule has 0 spiro atoms. The van der Waals surface area contributed by atoms with Crippen molar-refractivity contribution in [3.05, 3.63) is 62.7 Å². The molecule has 0 N–H and O–H groups in total. The molecule has 0 radical (unpaired) electrons. The molecule has 154 valence electrons. The molecule has 0 saturated carbocycles. The quantitative estimate of drug-likeness (QED) is 0.510. The van der Waals surface area contributed by atoms with E-state index in [0.717, 1.165) is 43.6 Å². The van der Waals surface area contributed by atoms with Crippen LogP contribution in [0.2, 0.25) is 5.02 Å². The highest BCUT2D eigenvalue weighted by Crippen LogP contribution is 2.30. The van der Waals surface area contributed by atoms with Gasteiger partial charge < -0.3 is 14.5 Å². The van der Waals surface area contributed by atoms with Crippen molar-refractivity contribution in [2.75, 3.05) is 32.1 Å². The third-order valence-corrected chi connectivity index (χ3v) is 5.35. The second-order valence-electron chi connectivity index (χ2n) is 7.12. The highest BCUT2D eigenvalue weighted by Gasteiger charge is 2.24. The van der Waals surface area contributed by atoms with Crippen molar-refractivity contribution in [2.24, 2.45) is 0 Å². The Hall–Kier alpha value is -2.80. The number of methoxy groups -OCH3 is 1. The fraction of sp³-hybridized carbons (Fsp3) is 0.381. The highest BCUT2D eigenvalue weighted by atomic mass is 35.5. The third kappa shape index (κ3) is 4.79. The van der Waals surface area contributed by atoms with Gasteiger partial charge in [0.2, 0.25) is 0 Å². The van der Waals surface area contributed by atoms with Gasteiger partial charge in [-0.25, -0.2) is 0 Å². The molecule has 1 fully saturated rings. The molecule has 1 aliphatic rings. The van der Waals surface area contributed by atoms with Gasteiger partial charge in [-0.15, -0.1) is 0 Å². The van der Waals surface area contributed by atoms with Gasteiger partial charge in [0.05, 0.1) is 23.3 Å². The Balaban J connectivity index is 1.93. The summed E-state index contributed by atoms with van der Waals surface area (Å²) in [6, 6.07) is 9.75. The number of hydrogen-bond acceptors (Lipinski definition) is 5. The van der Waals surface area contributed by atoms with Gasteiger partial charge in [-0.3, -0.25) is 14.9 Å². The van der Waals surface area contributed by atoms with Crippen LogP contribution in [-0.2, 0) is 6.54 Å². The molecule has 0 bridgehead atoms. The van der Waals surface area contributed by atoms with Gasteiger partial charge in [-0.2, -0.15) is 0 Å². The van der Waals surface area contributed by atoms with Gasteiger partial charge >= 0.3 is 0 Å². The van der Waals surface area contributed by atoms with Crippen LogP contribution in [0.4, 0.5) is 11.4 Å². The first-order valence-corrected chi connectivity index (χ1v) is 9.89. The molecule has 0 atom stereocenters. The Labute approximate surface area is 175 Å². The summed E-state index contributed by atoms with van der Waals surface area (Å²) in [6.45, 7) is 1.94. The summed E-state index contributed by atoms with van der Waals surface area (Å²) < 4.78 is 5.36. The van der Waals surface area contributed by atoms with Crippen molar-refractivity contribution < 1.29 is 14.5 Å². The molecule has 2 aromatic rings. The van der Waals surface area contributed by atoms with Crippen molar-refractivity contribution in [2.45, 2.75) is 25.8 Å². The number of ether oxygens (including phenoxy) is 1. The van der Waals surface area contributed by atoms with E-state index in [1.165, 1.54) is 17.0 Å². The number of amides is 1. The number of piperidine rings is 1. The lowest BCUT2D eigenvalue weighted by molar-refractivity contribution is -0.384. The van der Waals surface area contributed by atoms with Gasteiger partial charge in [0.1, 0.15) is 5.75 Å². The van der Waals surface area contributed by atoms with E-state index in [0.29, 0.717) is 16.3 Å². The van der Waals surface area contributed by atoms with Crippen molar-refractivity contribution in [1.82, 2.24) is 4.90 Å². The number of nitro benzene ring substituents is 1. The minimum Gasteiger partial charge on any atom is -0.496 e. The molecule has 7 nitrogen and oxygen atoms in total. The standard InChI is InChI=1S/C21H24ClN3O4/c1-23(14-15-12-16(22)6-9-20(15)29-2)21(26)18-13-17(25(27)28)7-8-19(18)24-10-4-3-5-11-24/h6-9,12-13H,3-5,10-11,14H2,1-2H3. The number of nitro groups is 1. The summed E-state index contributed by atoms with van der Waals surface area (Å²) in [5, 5.41) is 11.8. The zero-order valence-corrected chi connectivity index (χ0v) is 17.3. The minimum absolute atomic E-state index is 0.0946. The van der Waals surface area contributed by atoms with Crippen LogP contribution in [0.25, 0.3) is 0 Å². The van der Waals surface area contributed by atoms with E-state index in [1.807, 2.05) is 0 Å². The average Bonchev–Trinajstić information content (AvgIpc) is 2.73. The molecule has 1 aliphatic heterocycles. The van der Waals surface area contributed by atoms with Crippen molar-refractivity contribution >= 4 is 28.9 Å². The summed E-state index contributed by atoms with van der Waals surface area (Å²) in [5.74, 6) is 0.348. The van der Waals surface area contributed by atoms with Crippen LogP contribution in [0.5, 0.6) is 5.75 Å². The topological polar surface area (TPSA) is 75.9 Å². The van der Waals surface area contributed by atoms with E-state index in [-0.39, 0.29) is 18.1 Å². The second kappa shape index (κ2) is 9.13. The Bertz CT molecular complexity index is 913. The number of halogens is 1. The Morgan fingerprint density at radius 3 is 2.59 bits per heavy atom. The molecule has 1 heterocycles. The van der Waals surface area contributed by atoms with Crippen LogP contribution in [0, 0.1) is 10.1 Å². The Morgan fingerprint density at radius 1 is 1.21 bits per heavy atom. The lowest BCUT2D eigenvalue weighted by Crippen LogP contribution is -2.33. The normalized spacial score (nSPS) is 13.8. The Kier molecular flexibility index (Phi) is 6.59. The lowest BCUT2D eigenvalue weighted by Gasteiger charge is -2.31. The number of rotatable bonds is 6. The van der Waals surface area contributed by atoms with E-state index >= 15 is 0 Å². The van der Waals surface area contributed by atoms with Gasteiger partial charge in [-0.1, -0.05) is 11.6 Å². The number of non-ortho nitro benzene ring substituents is 1. The molecule has 29 heavy (non-hydrogen) atoms. The molecule has 0 unspecified atom stereocenters. The average molecular weight is 418 g/mol. The van der Waals surface area contributed by atoms with Gasteiger partial charge in [0.15, 0.2) is 0 Å². The van der Waals surface area contributed by atoms with E-state index in [4.69, 9.17) is 16.3 Å². The molecule has 0 aliphatic carbocycles. The molecular formula is C21H24ClN3O4.